The van der Waals surface area contributed by atoms with Crippen molar-refractivity contribution in [2.75, 3.05) is 19.5 Å². The topological polar surface area (TPSA) is 77.1 Å². The fourth-order valence-electron chi connectivity index (χ4n) is 1.30. The quantitative estimate of drug-likeness (QED) is 0.277. The van der Waals surface area contributed by atoms with Gasteiger partial charge in [0.2, 0.25) is 0 Å². The number of methoxy groups -OCH3 is 1. The molecule has 1 aromatic carbocycles. The molecule has 0 atom stereocenters. The summed E-state index contributed by atoms with van der Waals surface area (Å²) in [6.07, 6.45) is 0. The number of nitrogens with two attached hydrogens (primary N) is 1. The van der Waals surface area contributed by atoms with Crippen LogP contribution in [0, 0.1) is 0 Å². The van der Waals surface area contributed by atoms with E-state index < -0.39 is 5.51 Å². The van der Waals surface area contributed by atoms with Crippen molar-refractivity contribution in [1.82, 2.24) is 0 Å². The van der Waals surface area contributed by atoms with Crippen LogP contribution in [0.4, 0.5) is 13.2 Å². The lowest BCUT2D eigenvalue weighted by Gasteiger charge is -2.10. The summed E-state index contributed by atoms with van der Waals surface area (Å²) in [7, 11) is 1.41. The van der Waals surface area contributed by atoms with Crippen molar-refractivity contribution >= 4 is 17.6 Å². The lowest BCUT2D eigenvalue weighted by molar-refractivity contribution is -0.0329. The van der Waals surface area contributed by atoms with E-state index in [9.17, 15) is 13.2 Å². The molecule has 9 heteroatoms. The highest BCUT2D eigenvalue weighted by Gasteiger charge is 2.27. The fraction of sp³-hybridized carbons (Fsp3) is 0.364. The van der Waals surface area contributed by atoms with Crippen LogP contribution in [0.25, 0.3) is 0 Å². The molecule has 0 saturated heterocycles. The zero-order valence-corrected chi connectivity index (χ0v) is 11.3. The van der Waals surface area contributed by atoms with Crippen molar-refractivity contribution < 1.29 is 27.9 Å². The largest absolute Gasteiger partial charge is 0.497 e. The second-order valence-electron chi connectivity index (χ2n) is 3.53. The molecule has 0 aromatic heterocycles. The van der Waals surface area contributed by atoms with Crippen LogP contribution in [-0.4, -0.2) is 36.0 Å². The Labute approximate surface area is 117 Å². The van der Waals surface area contributed by atoms with Crippen LogP contribution in [0.1, 0.15) is 5.56 Å². The van der Waals surface area contributed by atoms with Crippen LogP contribution in [0.15, 0.2) is 23.4 Å². The van der Waals surface area contributed by atoms with Crippen molar-refractivity contribution in [2.24, 2.45) is 10.9 Å². The van der Waals surface area contributed by atoms with Gasteiger partial charge in [0.1, 0.15) is 11.5 Å². The Hall–Kier alpha value is -1.77. The predicted octanol–water partition coefficient (Wildman–Crippen LogP) is 2.42. The Kier molecular flexibility index (Phi) is 5.81. The molecule has 20 heavy (non-hydrogen) atoms. The maximum absolute atomic E-state index is 11.9. The van der Waals surface area contributed by atoms with E-state index in [4.69, 9.17) is 20.4 Å². The molecule has 112 valence electrons. The van der Waals surface area contributed by atoms with Gasteiger partial charge in [-0.25, -0.2) is 0 Å². The molecular weight excluding hydrogens is 297 g/mol. The number of hydrogen-bond acceptors (Lipinski definition) is 5. The highest BCUT2D eigenvalue weighted by molar-refractivity contribution is 8.00. The first-order valence-corrected chi connectivity index (χ1v) is 6.34. The minimum atomic E-state index is -4.28. The predicted molar refractivity (Wildman–Crippen MR) is 69.5 cm³/mol. The Morgan fingerprint density at radius 3 is 2.55 bits per heavy atom. The number of halogens is 3. The number of rotatable bonds is 6. The standard InChI is InChI=1S/C11H13F3N2O3S/c1-18-8-4-7(10(15)16-17)5-9(6-8)19-2-3-20-11(12,13)14/h4-6,17H,2-3H2,1H3,(H2,15,16). The number of thioether (sulfide) groups is 1. The van der Waals surface area contributed by atoms with Gasteiger partial charge in [-0.2, -0.15) is 13.2 Å². The summed E-state index contributed by atoms with van der Waals surface area (Å²) in [6, 6.07) is 4.44. The molecule has 0 aliphatic carbocycles. The summed E-state index contributed by atoms with van der Waals surface area (Å²) in [4.78, 5) is 0. The molecule has 0 saturated carbocycles. The van der Waals surface area contributed by atoms with Crippen LogP contribution in [0.2, 0.25) is 0 Å². The van der Waals surface area contributed by atoms with Gasteiger partial charge in [0.25, 0.3) is 0 Å². The molecular formula is C11H13F3N2O3S. The van der Waals surface area contributed by atoms with E-state index in [1.54, 1.807) is 0 Å². The number of oxime groups is 1. The molecule has 0 bridgehead atoms. The van der Waals surface area contributed by atoms with Crippen LogP contribution in [0.5, 0.6) is 11.5 Å². The summed E-state index contributed by atoms with van der Waals surface area (Å²) in [5.74, 6) is 0.263. The molecule has 1 rings (SSSR count). The molecule has 0 radical (unpaired) electrons. The van der Waals surface area contributed by atoms with Crippen LogP contribution < -0.4 is 15.2 Å². The molecule has 0 aliphatic heterocycles. The third-order valence-electron chi connectivity index (χ3n) is 2.14. The van der Waals surface area contributed by atoms with Crippen molar-refractivity contribution in [1.29, 1.82) is 0 Å². The Balaban J connectivity index is 2.70. The smallest absolute Gasteiger partial charge is 0.441 e. The average Bonchev–Trinajstić information content (AvgIpc) is 2.41. The summed E-state index contributed by atoms with van der Waals surface area (Å²) in [6.45, 7) is -0.132. The first kappa shape index (κ1) is 16.3. The Morgan fingerprint density at radius 2 is 2.00 bits per heavy atom. The molecule has 5 nitrogen and oxygen atoms in total. The highest BCUT2D eigenvalue weighted by atomic mass is 32.2. The Morgan fingerprint density at radius 1 is 1.35 bits per heavy atom. The van der Waals surface area contributed by atoms with Crippen molar-refractivity contribution in [2.45, 2.75) is 5.51 Å². The zero-order chi connectivity index (χ0) is 15.2. The molecule has 0 unspecified atom stereocenters. The maximum Gasteiger partial charge on any atom is 0.441 e. The van der Waals surface area contributed by atoms with Gasteiger partial charge in [-0.3, -0.25) is 0 Å². The third-order valence-corrected chi connectivity index (χ3v) is 2.84. The normalized spacial score (nSPS) is 12.3. The summed E-state index contributed by atoms with van der Waals surface area (Å²) < 4.78 is 46.0. The van der Waals surface area contributed by atoms with Gasteiger partial charge in [-0.15, -0.1) is 0 Å². The SMILES string of the molecule is COc1cc(OCCSC(F)(F)F)cc(/C(N)=N/O)c1. The number of benzene rings is 1. The van der Waals surface area contributed by atoms with Gasteiger partial charge < -0.3 is 20.4 Å². The lowest BCUT2D eigenvalue weighted by Crippen LogP contribution is -2.13. The second kappa shape index (κ2) is 7.13. The maximum atomic E-state index is 11.9. The monoisotopic (exact) mass is 310 g/mol. The van der Waals surface area contributed by atoms with Crippen molar-refractivity contribution in [3.05, 3.63) is 23.8 Å². The lowest BCUT2D eigenvalue weighted by atomic mass is 10.2. The van der Waals surface area contributed by atoms with Crippen LogP contribution >= 0.6 is 11.8 Å². The number of nitrogens with zero attached hydrogens (tertiary/aromatic N) is 1. The molecule has 1 aromatic rings. The molecule has 0 aliphatic rings. The van der Waals surface area contributed by atoms with Crippen molar-refractivity contribution in [3.8, 4) is 11.5 Å². The molecule has 0 fully saturated rings. The van der Waals surface area contributed by atoms with E-state index >= 15 is 0 Å². The highest BCUT2D eigenvalue weighted by Crippen LogP contribution is 2.30. The molecule has 3 N–H and O–H groups in total. The van der Waals surface area contributed by atoms with E-state index in [1.165, 1.54) is 25.3 Å². The van der Waals surface area contributed by atoms with E-state index in [-0.39, 0.29) is 35.7 Å². The summed E-state index contributed by atoms with van der Waals surface area (Å²) >= 11 is -0.167. The van der Waals surface area contributed by atoms with Crippen LogP contribution in [-0.2, 0) is 0 Å². The van der Waals surface area contributed by atoms with Crippen molar-refractivity contribution in [3.63, 3.8) is 0 Å². The molecule has 0 heterocycles. The van der Waals surface area contributed by atoms with Gasteiger partial charge in [0, 0.05) is 17.4 Å². The first-order chi connectivity index (χ1) is 9.35. The fourth-order valence-corrected chi connectivity index (χ4v) is 1.69. The number of amidine groups is 1. The van der Waals surface area contributed by atoms with Gasteiger partial charge in [0.05, 0.1) is 13.7 Å². The van der Waals surface area contributed by atoms with E-state index in [1.807, 2.05) is 0 Å². The zero-order valence-electron chi connectivity index (χ0n) is 10.5. The second-order valence-corrected chi connectivity index (χ2v) is 4.68. The molecule has 0 amide bonds. The number of hydrogen-bond donors (Lipinski definition) is 2. The number of ether oxygens (including phenoxy) is 2. The minimum absolute atomic E-state index is 0.132. The van der Waals surface area contributed by atoms with Crippen LogP contribution in [0.3, 0.4) is 0 Å². The summed E-state index contributed by atoms with van der Waals surface area (Å²) in [5.41, 5.74) is 1.49. The number of alkyl halides is 3. The van der Waals surface area contributed by atoms with E-state index in [0.717, 1.165) is 0 Å². The molecule has 0 spiro atoms. The van der Waals surface area contributed by atoms with E-state index in [2.05, 4.69) is 5.16 Å². The third kappa shape index (κ3) is 5.47. The summed E-state index contributed by atoms with van der Waals surface area (Å²) in [5, 5.41) is 11.4. The Bertz CT molecular complexity index is 480. The first-order valence-electron chi connectivity index (χ1n) is 5.36. The van der Waals surface area contributed by atoms with Gasteiger partial charge in [-0.1, -0.05) is 5.16 Å². The van der Waals surface area contributed by atoms with Gasteiger partial charge in [-0.05, 0) is 23.9 Å². The van der Waals surface area contributed by atoms with Gasteiger partial charge in [0.15, 0.2) is 5.84 Å². The van der Waals surface area contributed by atoms with Gasteiger partial charge >= 0.3 is 5.51 Å². The average molecular weight is 310 g/mol. The minimum Gasteiger partial charge on any atom is -0.497 e. The van der Waals surface area contributed by atoms with E-state index in [0.29, 0.717) is 11.3 Å².